The first-order valence-electron chi connectivity index (χ1n) is 6.11. The Morgan fingerprint density at radius 3 is 2.00 bits per heavy atom. The van der Waals surface area contributed by atoms with Gasteiger partial charge >= 0.3 is 0 Å². The summed E-state index contributed by atoms with van der Waals surface area (Å²) < 4.78 is 17.1. The summed E-state index contributed by atoms with van der Waals surface area (Å²) in [6.07, 6.45) is -1.36. The molecule has 1 aliphatic rings. The molecule has 0 amide bonds. The van der Waals surface area contributed by atoms with E-state index in [0.29, 0.717) is 0 Å². The molecule has 5 heteroatoms. The molecule has 0 aromatic rings. The molecule has 0 aromatic carbocycles. The first kappa shape index (κ1) is 15.1. The van der Waals surface area contributed by atoms with Crippen LogP contribution in [0.15, 0.2) is 0 Å². The maximum atomic E-state index is 9.88. The Labute approximate surface area is 107 Å². The van der Waals surface area contributed by atoms with Crippen molar-refractivity contribution in [2.24, 2.45) is 0 Å². The van der Waals surface area contributed by atoms with E-state index in [4.69, 9.17) is 13.9 Å². The van der Waals surface area contributed by atoms with Crippen molar-refractivity contribution >= 4 is 9.76 Å². The van der Waals surface area contributed by atoms with Crippen molar-refractivity contribution in [3.8, 4) is 0 Å². The second kappa shape index (κ2) is 4.62. The molecule has 1 aliphatic heterocycles. The Morgan fingerprint density at radius 2 is 1.65 bits per heavy atom. The average Bonchev–Trinajstić information content (AvgIpc) is 2.36. The number of ether oxygens (including phenoxy) is 2. The van der Waals surface area contributed by atoms with Crippen molar-refractivity contribution in [3.05, 3.63) is 0 Å². The standard InChI is InChI=1S/C12H26O4Si/c1-10(2,3)17-16-11(4,5)8-9(13)15-12(6,7)14-8/h8-9,13H,17H2,1-7H3/t8-,9-/m0/s1. The number of aliphatic hydroxyl groups is 1. The molecule has 1 fully saturated rings. The Bertz CT molecular complexity index is 270. The Kier molecular flexibility index (Phi) is 4.11. The molecule has 0 bridgehead atoms. The molecule has 0 saturated carbocycles. The highest BCUT2D eigenvalue weighted by atomic mass is 28.2. The van der Waals surface area contributed by atoms with Gasteiger partial charge in [0.1, 0.15) is 6.10 Å². The molecule has 0 aliphatic carbocycles. The Hall–Kier alpha value is 0.0569. The van der Waals surface area contributed by atoms with Gasteiger partial charge in [-0.3, -0.25) is 0 Å². The number of aliphatic hydroxyl groups excluding tert-OH is 1. The van der Waals surface area contributed by atoms with Gasteiger partial charge in [0.25, 0.3) is 0 Å². The van der Waals surface area contributed by atoms with Crippen LogP contribution in [0.4, 0.5) is 0 Å². The van der Waals surface area contributed by atoms with Crippen LogP contribution in [0.25, 0.3) is 0 Å². The summed E-state index contributed by atoms with van der Waals surface area (Å²) in [6, 6.07) is 0. The van der Waals surface area contributed by atoms with Gasteiger partial charge in [0, 0.05) is 0 Å². The van der Waals surface area contributed by atoms with Crippen molar-refractivity contribution in [2.75, 3.05) is 0 Å². The van der Waals surface area contributed by atoms with Gasteiger partial charge in [0.05, 0.1) is 5.60 Å². The Morgan fingerprint density at radius 1 is 1.12 bits per heavy atom. The van der Waals surface area contributed by atoms with E-state index >= 15 is 0 Å². The second-order valence-corrected chi connectivity index (χ2v) is 9.60. The van der Waals surface area contributed by atoms with Crippen molar-refractivity contribution in [3.63, 3.8) is 0 Å². The first-order chi connectivity index (χ1) is 7.43. The lowest BCUT2D eigenvalue weighted by Gasteiger charge is -2.35. The van der Waals surface area contributed by atoms with E-state index in [-0.39, 0.29) is 5.04 Å². The molecule has 0 aromatic heterocycles. The minimum absolute atomic E-state index is 0.219. The molecule has 1 rings (SSSR count). The molecule has 0 spiro atoms. The Balaban J connectivity index is 2.64. The van der Waals surface area contributed by atoms with Gasteiger partial charge in [-0.1, -0.05) is 20.8 Å². The van der Waals surface area contributed by atoms with Crippen molar-refractivity contribution in [1.82, 2.24) is 0 Å². The molecule has 1 saturated heterocycles. The maximum absolute atomic E-state index is 9.88. The van der Waals surface area contributed by atoms with E-state index < -0.39 is 33.5 Å². The van der Waals surface area contributed by atoms with Crippen molar-refractivity contribution < 1.29 is 19.0 Å². The summed E-state index contributed by atoms with van der Waals surface area (Å²) >= 11 is 0. The zero-order valence-corrected chi connectivity index (χ0v) is 13.4. The minimum Gasteiger partial charge on any atom is -0.416 e. The molecule has 0 radical (unpaired) electrons. The third-order valence-corrected chi connectivity index (χ3v) is 4.39. The van der Waals surface area contributed by atoms with E-state index in [0.717, 1.165) is 0 Å². The van der Waals surface area contributed by atoms with Crippen LogP contribution in [0.1, 0.15) is 48.5 Å². The van der Waals surface area contributed by atoms with Crippen molar-refractivity contribution in [1.29, 1.82) is 0 Å². The lowest BCUT2D eigenvalue weighted by Crippen LogP contribution is -2.47. The lowest BCUT2D eigenvalue weighted by molar-refractivity contribution is -0.176. The summed E-state index contributed by atoms with van der Waals surface area (Å²) in [7, 11) is -0.694. The highest BCUT2D eigenvalue weighted by molar-refractivity contribution is 6.31. The van der Waals surface area contributed by atoms with Crippen LogP contribution >= 0.6 is 0 Å². The van der Waals surface area contributed by atoms with E-state index in [9.17, 15) is 5.11 Å². The van der Waals surface area contributed by atoms with Gasteiger partial charge in [-0.05, 0) is 32.7 Å². The second-order valence-electron chi connectivity index (χ2n) is 6.90. The van der Waals surface area contributed by atoms with Crippen LogP contribution in [0, 0.1) is 0 Å². The van der Waals surface area contributed by atoms with Gasteiger partial charge in [-0.25, -0.2) is 0 Å². The minimum atomic E-state index is -0.922. The van der Waals surface area contributed by atoms with Gasteiger partial charge in [0.2, 0.25) is 0 Å². The van der Waals surface area contributed by atoms with Crippen LogP contribution in [-0.2, 0) is 13.9 Å². The number of hydrogen-bond acceptors (Lipinski definition) is 4. The lowest BCUT2D eigenvalue weighted by atomic mass is 10.0. The van der Waals surface area contributed by atoms with Gasteiger partial charge < -0.3 is 19.0 Å². The molecule has 0 unspecified atom stereocenters. The van der Waals surface area contributed by atoms with Crippen molar-refractivity contribution in [2.45, 2.75) is 77.3 Å². The van der Waals surface area contributed by atoms with Gasteiger partial charge in [-0.2, -0.15) is 0 Å². The normalized spacial score (nSPS) is 30.4. The highest BCUT2D eigenvalue weighted by Crippen LogP contribution is 2.35. The summed E-state index contributed by atoms with van der Waals surface area (Å²) in [6.45, 7) is 14.0. The summed E-state index contributed by atoms with van der Waals surface area (Å²) in [4.78, 5) is 0. The molecule has 17 heavy (non-hydrogen) atoms. The fourth-order valence-corrected chi connectivity index (χ4v) is 2.68. The molecular weight excluding hydrogens is 236 g/mol. The number of hydrogen-bond donors (Lipinski definition) is 1. The maximum Gasteiger partial charge on any atom is 0.187 e. The third-order valence-electron chi connectivity index (χ3n) is 2.64. The van der Waals surface area contributed by atoms with E-state index in [1.54, 1.807) is 13.8 Å². The molecule has 1 N–H and O–H groups in total. The molecule has 102 valence electrons. The van der Waals surface area contributed by atoms with Crippen LogP contribution in [0.2, 0.25) is 5.04 Å². The zero-order chi connectivity index (χ0) is 13.5. The first-order valence-corrected chi connectivity index (χ1v) is 7.39. The highest BCUT2D eigenvalue weighted by Gasteiger charge is 2.48. The molecule has 2 atom stereocenters. The fourth-order valence-electron chi connectivity index (χ4n) is 1.71. The largest absolute Gasteiger partial charge is 0.416 e. The summed E-state index contributed by atoms with van der Waals surface area (Å²) in [5, 5.41) is 10.1. The van der Waals surface area contributed by atoms with E-state index in [1.807, 2.05) is 13.8 Å². The summed E-state index contributed by atoms with van der Waals surface area (Å²) in [5.41, 5.74) is -0.521. The fraction of sp³-hybridized carbons (Fsp3) is 1.00. The topological polar surface area (TPSA) is 47.9 Å². The van der Waals surface area contributed by atoms with Crippen LogP contribution in [0.5, 0.6) is 0 Å². The average molecular weight is 262 g/mol. The van der Waals surface area contributed by atoms with Crippen LogP contribution < -0.4 is 0 Å². The van der Waals surface area contributed by atoms with E-state index in [2.05, 4.69) is 20.8 Å². The van der Waals surface area contributed by atoms with Gasteiger partial charge in [0.15, 0.2) is 21.8 Å². The quantitative estimate of drug-likeness (QED) is 0.784. The molecule has 4 nitrogen and oxygen atoms in total. The third kappa shape index (κ3) is 4.33. The van der Waals surface area contributed by atoms with Crippen LogP contribution in [0.3, 0.4) is 0 Å². The molecule has 1 heterocycles. The molecular formula is C12H26O4Si. The SMILES string of the molecule is CC1(C)O[C@H](O)[C@@H](C(C)(C)O[SiH2]C(C)(C)C)O1. The number of rotatable bonds is 3. The van der Waals surface area contributed by atoms with Gasteiger partial charge in [-0.15, -0.1) is 0 Å². The zero-order valence-electron chi connectivity index (χ0n) is 12.0. The van der Waals surface area contributed by atoms with E-state index in [1.165, 1.54) is 0 Å². The smallest absolute Gasteiger partial charge is 0.187 e. The summed E-state index contributed by atoms with van der Waals surface area (Å²) in [5.74, 6) is -0.742. The predicted molar refractivity (Wildman–Crippen MR) is 69.5 cm³/mol. The predicted octanol–water partition coefficient (Wildman–Crippen LogP) is 1.55. The van der Waals surface area contributed by atoms with Crippen LogP contribution in [-0.4, -0.2) is 38.7 Å². The monoisotopic (exact) mass is 262 g/mol.